The molecule has 0 aromatic heterocycles. The molecule has 19 heavy (non-hydrogen) atoms. The second-order valence-corrected chi connectivity index (χ2v) is 5.28. The molecule has 0 fully saturated rings. The van der Waals surface area contributed by atoms with Crippen LogP contribution in [0.4, 0.5) is 4.39 Å². The van der Waals surface area contributed by atoms with Gasteiger partial charge in [0, 0.05) is 18.5 Å². The third-order valence-corrected chi connectivity index (χ3v) is 2.71. The van der Waals surface area contributed by atoms with Gasteiger partial charge in [0.05, 0.1) is 0 Å². The van der Waals surface area contributed by atoms with E-state index in [9.17, 15) is 9.18 Å². The summed E-state index contributed by atoms with van der Waals surface area (Å²) in [7, 11) is 0. The first-order valence-corrected chi connectivity index (χ1v) is 6.58. The molecule has 0 unspecified atom stereocenters. The van der Waals surface area contributed by atoms with E-state index >= 15 is 0 Å². The summed E-state index contributed by atoms with van der Waals surface area (Å²) >= 11 is 0. The molecule has 1 aromatic carbocycles. The number of benzene rings is 1. The van der Waals surface area contributed by atoms with Crippen LogP contribution < -0.4 is 5.32 Å². The highest BCUT2D eigenvalue weighted by atomic mass is 19.1. The van der Waals surface area contributed by atoms with Crippen LogP contribution >= 0.6 is 0 Å². The Balaban J connectivity index is 2.40. The highest BCUT2D eigenvalue weighted by Gasteiger charge is 2.19. The van der Waals surface area contributed by atoms with Gasteiger partial charge in [0.25, 0.3) is 0 Å². The molecule has 1 rings (SSSR count). The quantitative estimate of drug-likeness (QED) is 0.772. The summed E-state index contributed by atoms with van der Waals surface area (Å²) < 4.78 is 18.2. The van der Waals surface area contributed by atoms with E-state index in [1.54, 1.807) is 6.07 Å². The third-order valence-electron chi connectivity index (χ3n) is 2.71. The van der Waals surface area contributed by atoms with Gasteiger partial charge in [-0.1, -0.05) is 19.1 Å². The number of esters is 1. The van der Waals surface area contributed by atoms with Gasteiger partial charge in [0.15, 0.2) is 0 Å². The fourth-order valence-electron chi connectivity index (χ4n) is 1.58. The SMILES string of the molecule is CCCC(=O)OCC(C)(C)NCc1cccc(F)c1. The van der Waals surface area contributed by atoms with Crippen LogP contribution in [0.15, 0.2) is 24.3 Å². The molecule has 0 aliphatic carbocycles. The summed E-state index contributed by atoms with van der Waals surface area (Å²) in [5.41, 5.74) is 0.531. The number of nitrogens with one attached hydrogen (secondary N) is 1. The largest absolute Gasteiger partial charge is 0.464 e. The number of halogens is 1. The molecule has 106 valence electrons. The molecule has 1 N–H and O–H groups in total. The minimum Gasteiger partial charge on any atom is -0.464 e. The highest BCUT2D eigenvalue weighted by molar-refractivity contribution is 5.69. The van der Waals surface area contributed by atoms with Crippen LogP contribution in [0.1, 0.15) is 39.2 Å². The van der Waals surface area contributed by atoms with E-state index < -0.39 is 0 Å². The zero-order valence-corrected chi connectivity index (χ0v) is 11.8. The lowest BCUT2D eigenvalue weighted by molar-refractivity contribution is -0.145. The monoisotopic (exact) mass is 267 g/mol. The Morgan fingerprint density at radius 2 is 2.16 bits per heavy atom. The van der Waals surface area contributed by atoms with Crippen LogP contribution in [-0.4, -0.2) is 18.1 Å². The smallest absolute Gasteiger partial charge is 0.305 e. The van der Waals surface area contributed by atoms with Crippen LogP contribution in [-0.2, 0) is 16.1 Å². The van der Waals surface area contributed by atoms with Crippen molar-refractivity contribution in [3.63, 3.8) is 0 Å². The molecule has 3 nitrogen and oxygen atoms in total. The van der Waals surface area contributed by atoms with E-state index in [1.165, 1.54) is 12.1 Å². The van der Waals surface area contributed by atoms with Crippen molar-refractivity contribution < 1.29 is 13.9 Å². The van der Waals surface area contributed by atoms with Crippen molar-refractivity contribution >= 4 is 5.97 Å². The fraction of sp³-hybridized carbons (Fsp3) is 0.533. The molecular formula is C15H22FNO2. The first kappa shape index (κ1) is 15.6. The molecule has 0 atom stereocenters. The number of carbonyl (C=O) groups is 1. The average molecular weight is 267 g/mol. The highest BCUT2D eigenvalue weighted by Crippen LogP contribution is 2.08. The van der Waals surface area contributed by atoms with Crippen molar-refractivity contribution in [3.8, 4) is 0 Å². The van der Waals surface area contributed by atoms with E-state index in [2.05, 4.69) is 5.32 Å². The second-order valence-electron chi connectivity index (χ2n) is 5.28. The van der Waals surface area contributed by atoms with E-state index in [-0.39, 0.29) is 17.3 Å². The predicted octanol–water partition coefficient (Wildman–Crippen LogP) is 3.04. The maximum absolute atomic E-state index is 13.0. The van der Waals surface area contributed by atoms with Crippen LogP contribution in [0, 0.1) is 5.82 Å². The van der Waals surface area contributed by atoms with Crippen molar-refractivity contribution in [2.45, 2.75) is 45.7 Å². The topological polar surface area (TPSA) is 38.3 Å². The lowest BCUT2D eigenvalue weighted by atomic mass is 10.1. The summed E-state index contributed by atoms with van der Waals surface area (Å²) in [6.07, 6.45) is 1.23. The zero-order chi connectivity index (χ0) is 14.3. The number of hydrogen-bond donors (Lipinski definition) is 1. The van der Waals surface area contributed by atoms with Crippen molar-refractivity contribution in [1.29, 1.82) is 0 Å². The summed E-state index contributed by atoms with van der Waals surface area (Å²) in [4.78, 5) is 11.3. The van der Waals surface area contributed by atoms with Gasteiger partial charge in [-0.15, -0.1) is 0 Å². The molecule has 0 aliphatic heterocycles. The molecule has 0 saturated heterocycles. The Morgan fingerprint density at radius 3 is 2.79 bits per heavy atom. The molecule has 0 amide bonds. The summed E-state index contributed by atoms with van der Waals surface area (Å²) in [6.45, 7) is 6.68. The first-order valence-electron chi connectivity index (χ1n) is 6.58. The minimum absolute atomic E-state index is 0.178. The molecule has 0 radical (unpaired) electrons. The molecule has 0 heterocycles. The second kappa shape index (κ2) is 7.24. The van der Waals surface area contributed by atoms with E-state index in [0.29, 0.717) is 19.6 Å². The summed E-state index contributed by atoms with van der Waals surface area (Å²) in [5, 5.41) is 3.26. The molecular weight excluding hydrogens is 245 g/mol. The van der Waals surface area contributed by atoms with Gasteiger partial charge in [-0.25, -0.2) is 4.39 Å². The average Bonchev–Trinajstić information content (AvgIpc) is 2.35. The van der Waals surface area contributed by atoms with Crippen LogP contribution in [0.25, 0.3) is 0 Å². The van der Waals surface area contributed by atoms with Crippen molar-refractivity contribution in [2.24, 2.45) is 0 Å². The maximum Gasteiger partial charge on any atom is 0.305 e. The Morgan fingerprint density at radius 1 is 1.42 bits per heavy atom. The fourth-order valence-corrected chi connectivity index (χ4v) is 1.58. The zero-order valence-electron chi connectivity index (χ0n) is 11.8. The van der Waals surface area contributed by atoms with E-state index in [0.717, 1.165) is 12.0 Å². The lowest BCUT2D eigenvalue weighted by Gasteiger charge is -2.26. The third kappa shape index (κ3) is 6.34. The van der Waals surface area contributed by atoms with Crippen LogP contribution in [0.3, 0.4) is 0 Å². The Labute approximate surface area is 114 Å². The number of carbonyl (C=O) groups excluding carboxylic acids is 1. The Kier molecular flexibility index (Phi) is 5.96. The van der Waals surface area contributed by atoms with Gasteiger partial charge < -0.3 is 10.1 Å². The minimum atomic E-state index is -0.338. The van der Waals surface area contributed by atoms with Gasteiger partial charge in [0.2, 0.25) is 0 Å². The van der Waals surface area contributed by atoms with Crippen molar-refractivity contribution in [2.75, 3.05) is 6.61 Å². The van der Waals surface area contributed by atoms with Crippen molar-refractivity contribution in [1.82, 2.24) is 5.32 Å². The number of ether oxygens (including phenoxy) is 1. The van der Waals surface area contributed by atoms with Gasteiger partial charge in [-0.2, -0.15) is 0 Å². The Hall–Kier alpha value is -1.42. The van der Waals surface area contributed by atoms with Crippen molar-refractivity contribution in [3.05, 3.63) is 35.6 Å². The maximum atomic E-state index is 13.0. The Bertz CT molecular complexity index is 418. The van der Waals surface area contributed by atoms with Gasteiger partial charge in [0.1, 0.15) is 12.4 Å². The lowest BCUT2D eigenvalue weighted by Crippen LogP contribution is -2.43. The summed E-state index contributed by atoms with van der Waals surface area (Å²) in [5.74, 6) is -0.422. The van der Waals surface area contributed by atoms with E-state index in [4.69, 9.17) is 4.74 Å². The number of rotatable bonds is 7. The first-order chi connectivity index (χ1) is 8.93. The molecule has 4 heteroatoms. The van der Waals surface area contributed by atoms with Gasteiger partial charge in [-0.05, 0) is 38.0 Å². The summed E-state index contributed by atoms with van der Waals surface area (Å²) in [6, 6.07) is 6.45. The standard InChI is InChI=1S/C15H22FNO2/c1-4-6-14(18)19-11-15(2,3)17-10-12-7-5-8-13(16)9-12/h5,7-9,17H,4,6,10-11H2,1-3H3. The van der Waals surface area contributed by atoms with Gasteiger partial charge in [-0.3, -0.25) is 4.79 Å². The van der Waals surface area contributed by atoms with Crippen LogP contribution in [0.5, 0.6) is 0 Å². The normalized spacial score (nSPS) is 11.4. The van der Waals surface area contributed by atoms with Gasteiger partial charge >= 0.3 is 5.97 Å². The molecule has 1 aromatic rings. The molecule has 0 saturated carbocycles. The molecule has 0 aliphatic rings. The van der Waals surface area contributed by atoms with E-state index in [1.807, 2.05) is 26.8 Å². The predicted molar refractivity (Wildman–Crippen MR) is 73.2 cm³/mol. The molecule has 0 spiro atoms. The molecule has 0 bridgehead atoms. The number of hydrogen-bond acceptors (Lipinski definition) is 3. The van der Waals surface area contributed by atoms with Crippen LogP contribution in [0.2, 0.25) is 0 Å².